The van der Waals surface area contributed by atoms with Crippen LogP contribution in [0.2, 0.25) is 0 Å². The van der Waals surface area contributed by atoms with E-state index >= 15 is 0 Å². The van der Waals surface area contributed by atoms with Crippen LogP contribution in [0, 0.1) is 0 Å². The summed E-state index contributed by atoms with van der Waals surface area (Å²) in [6, 6.07) is 0. The maximum atomic E-state index is 12.7. The molecule has 0 spiro atoms. The Morgan fingerprint density at radius 3 is 1.56 bits per heavy atom. The zero-order valence-corrected chi connectivity index (χ0v) is 35.5. The van der Waals surface area contributed by atoms with Gasteiger partial charge in [-0.3, -0.25) is 14.2 Å². The van der Waals surface area contributed by atoms with Gasteiger partial charge in [-0.25, -0.2) is 0 Å². The normalized spacial score (nSPS) is 23.2. The fraction of sp³-hybridized carbons (Fsp3) is 0.767. The third-order valence-electron chi connectivity index (χ3n) is 9.64. The van der Waals surface area contributed by atoms with Crippen LogP contribution in [0.4, 0.5) is 0 Å². The van der Waals surface area contributed by atoms with Gasteiger partial charge in [0.1, 0.15) is 43.2 Å². The van der Waals surface area contributed by atoms with Gasteiger partial charge < -0.3 is 48.9 Å². The SMILES string of the molecule is CC/C=C\C/C=C\C/C=C\CCCCCCCC(=O)O[C@H](COC(=O)CCCCCCC/C=C\CCCCCC)COP(=O)([O-])OC1[C@H](O)[C@H](O)C(O)[C@H](O)[C@H]1O. The van der Waals surface area contributed by atoms with E-state index in [1.807, 2.05) is 0 Å². The van der Waals surface area contributed by atoms with Crippen molar-refractivity contribution < 1.29 is 63.1 Å². The summed E-state index contributed by atoms with van der Waals surface area (Å²) < 4.78 is 33.0. The molecule has 0 bridgehead atoms. The van der Waals surface area contributed by atoms with Crippen LogP contribution in [0.3, 0.4) is 0 Å². The van der Waals surface area contributed by atoms with Crippen molar-refractivity contribution in [2.45, 2.75) is 198 Å². The van der Waals surface area contributed by atoms with Gasteiger partial charge in [0.25, 0.3) is 7.82 Å². The van der Waals surface area contributed by atoms with Crippen molar-refractivity contribution in [3.8, 4) is 0 Å². The van der Waals surface area contributed by atoms with Gasteiger partial charge in [-0.2, -0.15) is 0 Å². The summed E-state index contributed by atoms with van der Waals surface area (Å²) in [5, 5.41) is 49.9. The number of carbonyl (C=O) groups excluding carboxylic acids is 2. The van der Waals surface area contributed by atoms with Crippen LogP contribution in [0.15, 0.2) is 48.6 Å². The molecule has 0 aromatic carbocycles. The Kier molecular flexibility index (Phi) is 31.2. The predicted molar refractivity (Wildman–Crippen MR) is 219 cm³/mol. The third kappa shape index (κ3) is 26.5. The van der Waals surface area contributed by atoms with E-state index in [-0.39, 0.29) is 12.8 Å². The average molecular weight is 830 g/mol. The molecule has 0 saturated heterocycles. The van der Waals surface area contributed by atoms with Crippen molar-refractivity contribution in [2.24, 2.45) is 0 Å². The highest BCUT2D eigenvalue weighted by Gasteiger charge is 2.50. The first-order valence-corrected chi connectivity index (χ1v) is 22.9. The lowest BCUT2D eigenvalue weighted by atomic mass is 9.85. The second-order valence-corrected chi connectivity index (χ2v) is 16.2. The highest BCUT2D eigenvalue weighted by atomic mass is 31.2. The lowest BCUT2D eigenvalue weighted by Crippen LogP contribution is -2.64. The largest absolute Gasteiger partial charge is 0.756 e. The Morgan fingerprint density at radius 2 is 1.02 bits per heavy atom. The van der Waals surface area contributed by atoms with Crippen LogP contribution in [0.25, 0.3) is 0 Å². The smallest absolute Gasteiger partial charge is 0.306 e. The molecule has 0 amide bonds. The molecule has 3 unspecified atom stereocenters. The van der Waals surface area contributed by atoms with Crippen molar-refractivity contribution in [3.05, 3.63) is 48.6 Å². The first kappa shape index (κ1) is 52.8. The summed E-state index contributed by atoms with van der Waals surface area (Å²) in [5.74, 6) is -1.17. The number of hydrogen-bond acceptors (Lipinski definition) is 13. The molecule has 1 saturated carbocycles. The van der Waals surface area contributed by atoms with Crippen LogP contribution in [-0.2, 0) is 32.7 Å². The molecule has 1 aliphatic rings. The van der Waals surface area contributed by atoms with Gasteiger partial charge in [0.05, 0.1) is 6.61 Å². The minimum atomic E-state index is -5.37. The monoisotopic (exact) mass is 829 g/mol. The minimum Gasteiger partial charge on any atom is -0.756 e. The van der Waals surface area contributed by atoms with Crippen LogP contribution >= 0.6 is 7.82 Å². The van der Waals surface area contributed by atoms with Gasteiger partial charge in [0.15, 0.2) is 6.10 Å². The molecule has 57 heavy (non-hydrogen) atoms. The number of rotatable bonds is 34. The van der Waals surface area contributed by atoms with Crippen molar-refractivity contribution in [1.29, 1.82) is 0 Å². The molecule has 0 heterocycles. The van der Waals surface area contributed by atoms with Crippen molar-refractivity contribution in [1.82, 2.24) is 0 Å². The standard InChI is InChI=1S/C43H75O13P/c1-3-5-7-9-11-13-15-17-18-20-22-24-26-28-30-32-37(45)55-35(34-54-57(51,52)56-43-41(49)39(47)38(46)40(48)42(43)50)33-53-36(44)31-29-27-25-23-21-19-16-14-12-10-8-6-4-2/h5,7,11,13-14,16-18,35,38-43,46-50H,3-4,6,8-10,12,15,19-34H2,1-2H3,(H,51,52)/p-1/b7-5-,13-11-,16-14-,18-17-/t35-,38?,39-,40+,41-,42-,43?/m1/s1. The Morgan fingerprint density at radius 1 is 0.579 bits per heavy atom. The van der Waals surface area contributed by atoms with E-state index in [9.17, 15) is 44.6 Å². The topological polar surface area (TPSA) is 212 Å². The van der Waals surface area contributed by atoms with Gasteiger partial charge in [0.2, 0.25) is 0 Å². The van der Waals surface area contributed by atoms with Crippen molar-refractivity contribution in [2.75, 3.05) is 13.2 Å². The van der Waals surface area contributed by atoms with Crippen molar-refractivity contribution >= 4 is 19.8 Å². The quantitative estimate of drug-likeness (QED) is 0.0192. The number of unbranched alkanes of at least 4 members (excludes halogenated alkanes) is 14. The number of aliphatic hydroxyl groups excluding tert-OH is 5. The molecule has 0 radical (unpaired) electrons. The number of ether oxygens (including phenoxy) is 2. The molecular weight excluding hydrogens is 755 g/mol. The summed E-state index contributed by atoms with van der Waals surface area (Å²) >= 11 is 0. The number of phosphoric ester groups is 1. The molecule has 0 aromatic heterocycles. The first-order chi connectivity index (χ1) is 27.4. The lowest BCUT2D eigenvalue weighted by molar-refractivity contribution is -0.261. The second kappa shape index (κ2) is 33.6. The van der Waals surface area contributed by atoms with Crippen molar-refractivity contribution in [3.63, 3.8) is 0 Å². The number of allylic oxidation sites excluding steroid dienone is 8. The summed E-state index contributed by atoms with van der Waals surface area (Å²) in [5.41, 5.74) is 0. The molecule has 0 aromatic rings. The van der Waals surface area contributed by atoms with Crippen LogP contribution in [0.5, 0.6) is 0 Å². The second-order valence-electron chi connectivity index (χ2n) is 14.8. The molecule has 14 heteroatoms. The Bertz CT molecular complexity index is 1190. The van der Waals surface area contributed by atoms with E-state index in [1.54, 1.807) is 0 Å². The van der Waals surface area contributed by atoms with E-state index in [0.717, 1.165) is 89.9 Å². The number of carbonyl (C=O) groups is 2. The van der Waals surface area contributed by atoms with Gasteiger partial charge in [-0.05, 0) is 70.6 Å². The van der Waals surface area contributed by atoms with E-state index in [2.05, 4.69) is 62.5 Å². The molecule has 1 rings (SSSR count). The molecule has 1 aliphatic carbocycles. The maximum Gasteiger partial charge on any atom is 0.306 e. The molecule has 1 fully saturated rings. The molecule has 330 valence electrons. The first-order valence-electron chi connectivity index (χ1n) is 21.4. The zero-order chi connectivity index (χ0) is 42.2. The number of aliphatic hydroxyl groups is 5. The maximum absolute atomic E-state index is 12.7. The third-order valence-corrected chi connectivity index (χ3v) is 10.6. The molecular formula is C43H74O13P-. The minimum absolute atomic E-state index is 0.0585. The average Bonchev–Trinajstić information content (AvgIpc) is 3.19. The fourth-order valence-electron chi connectivity index (χ4n) is 6.17. The van der Waals surface area contributed by atoms with Gasteiger partial charge in [-0.1, -0.05) is 120 Å². The number of hydrogen-bond donors (Lipinski definition) is 5. The highest BCUT2D eigenvalue weighted by molar-refractivity contribution is 7.45. The van der Waals surface area contributed by atoms with Crippen LogP contribution in [0.1, 0.15) is 155 Å². The predicted octanol–water partition coefficient (Wildman–Crippen LogP) is 6.98. The Labute approximate surface area is 341 Å². The zero-order valence-electron chi connectivity index (χ0n) is 34.6. The van der Waals surface area contributed by atoms with Gasteiger partial charge >= 0.3 is 11.9 Å². The van der Waals surface area contributed by atoms with Gasteiger partial charge in [0, 0.05) is 12.8 Å². The molecule has 0 aliphatic heterocycles. The van der Waals surface area contributed by atoms with Crippen LogP contribution in [-0.4, -0.2) is 93.4 Å². The highest BCUT2D eigenvalue weighted by Crippen LogP contribution is 2.43. The van der Waals surface area contributed by atoms with E-state index in [4.69, 9.17) is 18.5 Å². The van der Waals surface area contributed by atoms with E-state index in [0.29, 0.717) is 12.8 Å². The Balaban J connectivity index is 2.52. The summed E-state index contributed by atoms with van der Waals surface area (Å²) in [4.78, 5) is 37.9. The lowest BCUT2D eigenvalue weighted by Gasteiger charge is -2.43. The summed E-state index contributed by atoms with van der Waals surface area (Å²) in [6.07, 6.45) is 24.2. The summed E-state index contributed by atoms with van der Waals surface area (Å²) in [6.45, 7) is 3.03. The fourth-order valence-corrected chi connectivity index (χ4v) is 7.13. The van der Waals surface area contributed by atoms with E-state index < -0.39 is 75.7 Å². The summed E-state index contributed by atoms with van der Waals surface area (Å²) in [7, 11) is -5.37. The van der Waals surface area contributed by atoms with Crippen LogP contribution < -0.4 is 4.89 Å². The Hall–Kier alpha value is -2.19. The molecule has 5 N–H and O–H groups in total. The number of esters is 2. The van der Waals surface area contributed by atoms with Gasteiger partial charge in [-0.15, -0.1) is 0 Å². The van der Waals surface area contributed by atoms with E-state index in [1.165, 1.54) is 25.7 Å². The molecule has 8 atom stereocenters. The molecule has 13 nitrogen and oxygen atoms in total. The number of phosphoric acid groups is 1.